The normalized spacial score (nSPS) is 10.3. The molecule has 0 atom stereocenters. The number of pyridine rings is 1. The molecule has 0 aliphatic heterocycles. The van der Waals surface area contributed by atoms with Gasteiger partial charge in [0, 0.05) is 12.4 Å². The Morgan fingerprint density at radius 1 is 1.11 bits per heavy atom. The van der Waals surface area contributed by atoms with Crippen molar-refractivity contribution >= 4 is 17.9 Å². The van der Waals surface area contributed by atoms with E-state index in [1.165, 1.54) is 30.7 Å². The molecule has 0 radical (unpaired) electrons. The van der Waals surface area contributed by atoms with E-state index in [0.29, 0.717) is 16.8 Å². The van der Waals surface area contributed by atoms with Crippen LogP contribution < -0.4 is 0 Å². The standard InChI is InChI=1S/C13H9N3O3/c17-13(11-5-7-14-8-6-11)19-15-9-10-1-3-12(16-18)4-2-10/h1-9H/b15-9+. The molecule has 0 saturated carbocycles. The molecule has 0 bridgehead atoms. The third-order valence-electron chi connectivity index (χ3n) is 2.25. The topological polar surface area (TPSA) is 81.0 Å². The summed E-state index contributed by atoms with van der Waals surface area (Å²) in [5, 5.41) is 6.34. The molecule has 0 spiro atoms. The van der Waals surface area contributed by atoms with Crippen molar-refractivity contribution in [3.05, 3.63) is 64.8 Å². The SMILES string of the molecule is O=Nc1ccc(/C=N/OC(=O)c2ccncc2)cc1. The van der Waals surface area contributed by atoms with Crippen molar-refractivity contribution in [1.82, 2.24) is 4.98 Å². The third kappa shape index (κ3) is 3.53. The van der Waals surface area contributed by atoms with E-state index in [2.05, 4.69) is 15.3 Å². The number of oxime groups is 1. The lowest BCUT2D eigenvalue weighted by Crippen LogP contribution is -2.00. The number of hydrogen-bond donors (Lipinski definition) is 0. The summed E-state index contributed by atoms with van der Waals surface area (Å²) in [5.41, 5.74) is 1.38. The van der Waals surface area contributed by atoms with Crippen LogP contribution in [0.3, 0.4) is 0 Å². The Morgan fingerprint density at radius 3 is 2.42 bits per heavy atom. The molecular formula is C13H9N3O3. The van der Waals surface area contributed by atoms with E-state index in [4.69, 9.17) is 4.84 Å². The van der Waals surface area contributed by atoms with Gasteiger partial charge in [-0.05, 0) is 35.0 Å². The Balaban J connectivity index is 1.96. The first-order valence-electron chi connectivity index (χ1n) is 5.38. The van der Waals surface area contributed by atoms with Gasteiger partial charge >= 0.3 is 5.97 Å². The molecule has 1 aromatic heterocycles. The first-order chi connectivity index (χ1) is 9.29. The summed E-state index contributed by atoms with van der Waals surface area (Å²) < 4.78 is 0. The minimum atomic E-state index is -0.565. The number of aromatic nitrogens is 1. The maximum atomic E-state index is 11.5. The van der Waals surface area contributed by atoms with Crippen LogP contribution in [-0.2, 0) is 4.84 Å². The van der Waals surface area contributed by atoms with Crippen molar-refractivity contribution in [3.8, 4) is 0 Å². The average molecular weight is 255 g/mol. The second-order valence-corrected chi connectivity index (χ2v) is 3.53. The van der Waals surface area contributed by atoms with Gasteiger partial charge in [-0.1, -0.05) is 17.3 Å². The molecule has 0 aliphatic carbocycles. The molecule has 94 valence electrons. The molecule has 1 heterocycles. The van der Waals surface area contributed by atoms with Crippen LogP contribution in [-0.4, -0.2) is 17.2 Å². The fourth-order valence-corrected chi connectivity index (χ4v) is 1.30. The third-order valence-corrected chi connectivity index (χ3v) is 2.25. The molecule has 2 aromatic rings. The molecule has 2 rings (SSSR count). The quantitative estimate of drug-likeness (QED) is 0.364. The predicted octanol–water partition coefficient (Wildman–Crippen LogP) is 2.67. The molecule has 6 nitrogen and oxygen atoms in total. The fraction of sp³-hybridized carbons (Fsp3) is 0. The first kappa shape index (κ1) is 12.6. The van der Waals surface area contributed by atoms with Gasteiger partial charge in [-0.25, -0.2) is 4.79 Å². The number of benzene rings is 1. The first-order valence-corrected chi connectivity index (χ1v) is 5.38. The van der Waals surface area contributed by atoms with Crippen LogP contribution in [0.25, 0.3) is 0 Å². The van der Waals surface area contributed by atoms with Crippen molar-refractivity contribution in [1.29, 1.82) is 0 Å². The molecule has 0 aliphatic rings. The molecule has 0 amide bonds. The van der Waals surface area contributed by atoms with Gasteiger partial charge in [-0.2, -0.15) is 0 Å². The Bertz CT molecular complexity index is 594. The number of carbonyl (C=O) groups excluding carboxylic acids is 1. The molecular weight excluding hydrogens is 246 g/mol. The molecule has 6 heteroatoms. The van der Waals surface area contributed by atoms with E-state index in [1.54, 1.807) is 24.3 Å². The maximum Gasteiger partial charge on any atom is 0.365 e. The van der Waals surface area contributed by atoms with Gasteiger partial charge in [-0.3, -0.25) is 4.98 Å². The molecule has 0 saturated heterocycles. The average Bonchev–Trinajstić information content (AvgIpc) is 2.49. The summed E-state index contributed by atoms with van der Waals surface area (Å²) in [6.07, 6.45) is 4.35. The van der Waals surface area contributed by atoms with Crippen molar-refractivity contribution in [2.45, 2.75) is 0 Å². The number of rotatable bonds is 4. The molecule has 0 unspecified atom stereocenters. The summed E-state index contributed by atoms with van der Waals surface area (Å²) in [4.78, 5) is 30.2. The van der Waals surface area contributed by atoms with E-state index in [1.807, 2.05) is 0 Å². The van der Waals surface area contributed by atoms with Crippen molar-refractivity contribution in [3.63, 3.8) is 0 Å². The lowest BCUT2D eigenvalue weighted by Gasteiger charge is -1.96. The highest BCUT2D eigenvalue weighted by molar-refractivity contribution is 5.89. The second-order valence-electron chi connectivity index (χ2n) is 3.53. The van der Waals surface area contributed by atoms with Crippen LogP contribution in [0, 0.1) is 4.91 Å². The van der Waals surface area contributed by atoms with Gasteiger partial charge in [0.05, 0.1) is 11.8 Å². The lowest BCUT2D eigenvalue weighted by atomic mass is 10.2. The van der Waals surface area contributed by atoms with Crippen molar-refractivity contribution < 1.29 is 9.63 Å². The lowest BCUT2D eigenvalue weighted by molar-refractivity contribution is 0.0519. The zero-order valence-electron chi connectivity index (χ0n) is 9.76. The molecule has 0 N–H and O–H groups in total. The highest BCUT2D eigenvalue weighted by Crippen LogP contribution is 2.11. The zero-order valence-corrected chi connectivity index (χ0v) is 9.76. The Labute approximate surface area is 108 Å². The Hall–Kier alpha value is -2.89. The second kappa shape index (κ2) is 6.15. The zero-order chi connectivity index (χ0) is 13.5. The van der Waals surface area contributed by atoms with Gasteiger partial charge in [0.2, 0.25) is 0 Å². The highest BCUT2D eigenvalue weighted by atomic mass is 16.7. The molecule has 1 aromatic carbocycles. The summed E-state index contributed by atoms with van der Waals surface area (Å²) >= 11 is 0. The van der Waals surface area contributed by atoms with Crippen LogP contribution >= 0.6 is 0 Å². The van der Waals surface area contributed by atoms with Crippen LogP contribution in [0.15, 0.2) is 59.1 Å². The summed E-state index contributed by atoms with van der Waals surface area (Å²) in [7, 11) is 0. The summed E-state index contributed by atoms with van der Waals surface area (Å²) in [5.74, 6) is -0.565. The van der Waals surface area contributed by atoms with Crippen molar-refractivity contribution in [2.24, 2.45) is 10.3 Å². The fourth-order valence-electron chi connectivity index (χ4n) is 1.30. The highest BCUT2D eigenvalue weighted by Gasteiger charge is 2.04. The number of nitrogens with zero attached hydrogens (tertiary/aromatic N) is 3. The largest absolute Gasteiger partial charge is 0.365 e. The van der Waals surface area contributed by atoms with Gasteiger partial charge < -0.3 is 4.84 Å². The Morgan fingerprint density at radius 2 is 1.79 bits per heavy atom. The minimum Gasteiger partial charge on any atom is -0.313 e. The van der Waals surface area contributed by atoms with E-state index >= 15 is 0 Å². The molecule has 0 fully saturated rings. The van der Waals surface area contributed by atoms with Crippen LogP contribution in [0.4, 0.5) is 5.69 Å². The van der Waals surface area contributed by atoms with Gasteiger partial charge in [0.15, 0.2) is 0 Å². The van der Waals surface area contributed by atoms with E-state index in [9.17, 15) is 9.70 Å². The van der Waals surface area contributed by atoms with E-state index in [-0.39, 0.29) is 0 Å². The van der Waals surface area contributed by atoms with Crippen molar-refractivity contribution in [2.75, 3.05) is 0 Å². The monoisotopic (exact) mass is 255 g/mol. The van der Waals surface area contributed by atoms with Gasteiger partial charge in [0.1, 0.15) is 5.69 Å². The minimum absolute atomic E-state index is 0.325. The maximum absolute atomic E-state index is 11.5. The van der Waals surface area contributed by atoms with Gasteiger partial charge in [-0.15, -0.1) is 4.91 Å². The smallest absolute Gasteiger partial charge is 0.313 e. The predicted molar refractivity (Wildman–Crippen MR) is 69.1 cm³/mol. The van der Waals surface area contributed by atoms with Crippen LogP contribution in [0.1, 0.15) is 15.9 Å². The number of nitroso groups, excluding NO2 is 1. The van der Waals surface area contributed by atoms with Crippen LogP contribution in [0.2, 0.25) is 0 Å². The Kier molecular flexibility index (Phi) is 4.07. The number of carbonyl (C=O) groups is 1. The van der Waals surface area contributed by atoms with Gasteiger partial charge in [0.25, 0.3) is 0 Å². The number of hydrogen-bond acceptors (Lipinski definition) is 6. The summed E-state index contributed by atoms with van der Waals surface area (Å²) in [6, 6.07) is 9.42. The summed E-state index contributed by atoms with van der Waals surface area (Å²) in [6.45, 7) is 0. The van der Waals surface area contributed by atoms with E-state index < -0.39 is 5.97 Å². The molecule has 19 heavy (non-hydrogen) atoms. The van der Waals surface area contributed by atoms with Crippen LogP contribution in [0.5, 0.6) is 0 Å². The van der Waals surface area contributed by atoms with E-state index in [0.717, 1.165) is 0 Å².